The van der Waals surface area contributed by atoms with Gasteiger partial charge < -0.3 is 9.13 Å². The van der Waals surface area contributed by atoms with E-state index in [2.05, 4.69) is 168 Å². The standard InChI is InChI=1S/C44H30N2/c1-28-15-20-37-38-21-17-30(29-18-22-42-40(25-29)36-13-7-8-14-41(36)45(42)33-10-3-2-4-11-33)26-44(38)46(43(37)23-28)34-19-16-32-24-31-9-5-6-12-35(31)39(32)27-34/h2-23,25-27H,24H2,1H3. The number of aromatic nitrogens is 2. The second kappa shape index (κ2) is 9.57. The molecule has 0 fully saturated rings. The molecule has 2 aromatic heterocycles. The fourth-order valence-electron chi connectivity index (χ4n) is 7.84. The summed E-state index contributed by atoms with van der Waals surface area (Å²) in [5.74, 6) is 0. The lowest BCUT2D eigenvalue weighted by Gasteiger charge is -2.12. The molecule has 216 valence electrons. The first-order chi connectivity index (χ1) is 22.7. The van der Waals surface area contributed by atoms with Crippen molar-refractivity contribution in [3.05, 3.63) is 168 Å². The average molecular weight is 587 g/mol. The van der Waals surface area contributed by atoms with Crippen LogP contribution in [0.3, 0.4) is 0 Å². The zero-order chi connectivity index (χ0) is 30.4. The highest BCUT2D eigenvalue weighted by atomic mass is 15.0. The van der Waals surface area contributed by atoms with Crippen molar-refractivity contribution in [2.75, 3.05) is 0 Å². The number of rotatable bonds is 3. The SMILES string of the molecule is Cc1ccc2c3ccc(-c4ccc5c(c4)c4ccccc4n5-c4ccccc4)cc3n(-c3ccc4c(c3)-c3ccccc3C4)c2c1. The Morgan fingerprint density at radius 3 is 1.96 bits per heavy atom. The fourth-order valence-corrected chi connectivity index (χ4v) is 7.84. The molecule has 0 N–H and O–H groups in total. The Hall–Kier alpha value is -5.86. The summed E-state index contributed by atoms with van der Waals surface area (Å²) in [6, 6.07) is 56.1. The number of fused-ring (bicyclic) bond motifs is 9. The van der Waals surface area contributed by atoms with E-state index in [4.69, 9.17) is 0 Å². The van der Waals surface area contributed by atoms with Crippen molar-refractivity contribution < 1.29 is 0 Å². The molecule has 1 aliphatic carbocycles. The summed E-state index contributed by atoms with van der Waals surface area (Å²) in [6.45, 7) is 2.19. The lowest BCUT2D eigenvalue weighted by molar-refractivity contribution is 1.17. The van der Waals surface area contributed by atoms with Crippen LogP contribution < -0.4 is 0 Å². The Kier molecular flexibility index (Phi) is 5.30. The number of benzene rings is 7. The Balaban J connectivity index is 1.20. The van der Waals surface area contributed by atoms with Gasteiger partial charge in [-0.2, -0.15) is 0 Å². The molecule has 0 saturated carbocycles. The maximum atomic E-state index is 2.47. The third-order valence-corrected chi connectivity index (χ3v) is 9.98. The minimum absolute atomic E-state index is 1.01. The molecule has 0 radical (unpaired) electrons. The molecule has 1 aliphatic rings. The van der Waals surface area contributed by atoms with Crippen LogP contribution in [-0.2, 0) is 6.42 Å². The molecule has 10 rings (SSSR count). The fraction of sp³-hybridized carbons (Fsp3) is 0.0455. The third-order valence-electron chi connectivity index (χ3n) is 9.98. The Morgan fingerprint density at radius 1 is 0.391 bits per heavy atom. The number of nitrogens with zero attached hydrogens (tertiary/aromatic N) is 2. The highest BCUT2D eigenvalue weighted by Crippen LogP contribution is 2.41. The van der Waals surface area contributed by atoms with Gasteiger partial charge in [0.25, 0.3) is 0 Å². The van der Waals surface area contributed by atoms with Gasteiger partial charge in [-0.15, -0.1) is 0 Å². The van der Waals surface area contributed by atoms with Gasteiger partial charge >= 0.3 is 0 Å². The number of aryl methyl sites for hydroxylation is 1. The lowest BCUT2D eigenvalue weighted by atomic mass is 10.0. The second-order valence-corrected chi connectivity index (χ2v) is 12.7. The summed E-state index contributed by atoms with van der Waals surface area (Å²) in [5.41, 5.74) is 16.6. The van der Waals surface area contributed by atoms with E-state index >= 15 is 0 Å². The van der Waals surface area contributed by atoms with Gasteiger partial charge in [0, 0.05) is 32.9 Å². The Morgan fingerprint density at radius 2 is 1.04 bits per heavy atom. The van der Waals surface area contributed by atoms with Crippen LogP contribution in [0.5, 0.6) is 0 Å². The average Bonchev–Trinajstić information content (AvgIpc) is 3.75. The third kappa shape index (κ3) is 3.64. The number of para-hydroxylation sites is 2. The van der Waals surface area contributed by atoms with Crippen LogP contribution in [0.2, 0.25) is 0 Å². The topological polar surface area (TPSA) is 9.86 Å². The first-order valence-corrected chi connectivity index (χ1v) is 16.1. The molecule has 0 bridgehead atoms. The molecular formula is C44H30N2. The highest BCUT2D eigenvalue weighted by molar-refractivity contribution is 6.12. The van der Waals surface area contributed by atoms with Crippen LogP contribution in [0.1, 0.15) is 16.7 Å². The van der Waals surface area contributed by atoms with Gasteiger partial charge in [-0.3, -0.25) is 0 Å². The first kappa shape index (κ1) is 25.5. The molecular weight excluding hydrogens is 556 g/mol. The van der Waals surface area contributed by atoms with E-state index in [0.29, 0.717) is 0 Å². The molecule has 2 nitrogen and oxygen atoms in total. The molecule has 46 heavy (non-hydrogen) atoms. The van der Waals surface area contributed by atoms with Gasteiger partial charge in [0.1, 0.15) is 0 Å². The largest absolute Gasteiger partial charge is 0.309 e. The minimum atomic E-state index is 1.01. The molecule has 0 unspecified atom stereocenters. The Bertz CT molecular complexity index is 2670. The molecule has 0 saturated heterocycles. The van der Waals surface area contributed by atoms with Crippen LogP contribution in [-0.4, -0.2) is 9.13 Å². The molecule has 9 aromatic rings. The maximum Gasteiger partial charge on any atom is 0.0547 e. The summed E-state index contributed by atoms with van der Waals surface area (Å²) < 4.78 is 4.85. The second-order valence-electron chi connectivity index (χ2n) is 12.7. The number of hydrogen-bond donors (Lipinski definition) is 0. The summed E-state index contributed by atoms with van der Waals surface area (Å²) in [6.07, 6.45) is 1.01. The lowest BCUT2D eigenvalue weighted by Crippen LogP contribution is -1.95. The van der Waals surface area contributed by atoms with E-state index in [1.165, 1.54) is 93.9 Å². The van der Waals surface area contributed by atoms with Gasteiger partial charge in [0.2, 0.25) is 0 Å². The van der Waals surface area contributed by atoms with Crippen LogP contribution in [0.25, 0.3) is 77.2 Å². The van der Waals surface area contributed by atoms with Gasteiger partial charge in [-0.1, -0.05) is 97.1 Å². The molecule has 0 atom stereocenters. The van der Waals surface area contributed by atoms with Gasteiger partial charge in [0.15, 0.2) is 0 Å². The molecule has 0 spiro atoms. The van der Waals surface area contributed by atoms with Crippen molar-refractivity contribution in [1.29, 1.82) is 0 Å². The van der Waals surface area contributed by atoms with E-state index in [1.54, 1.807) is 0 Å². The van der Waals surface area contributed by atoms with Crippen molar-refractivity contribution in [3.63, 3.8) is 0 Å². The van der Waals surface area contributed by atoms with Crippen LogP contribution in [0.4, 0.5) is 0 Å². The molecule has 7 aromatic carbocycles. The molecule has 0 amide bonds. The van der Waals surface area contributed by atoms with E-state index in [9.17, 15) is 0 Å². The molecule has 0 aliphatic heterocycles. The predicted octanol–water partition coefficient (Wildman–Crippen LogP) is 11.4. The molecule has 2 heterocycles. The van der Waals surface area contributed by atoms with Crippen molar-refractivity contribution in [2.45, 2.75) is 13.3 Å². The van der Waals surface area contributed by atoms with E-state index in [-0.39, 0.29) is 0 Å². The van der Waals surface area contributed by atoms with E-state index in [1.807, 2.05) is 0 Å². The normalized spacial score (nSPS) is 12.4. The van der Waals surface area contributed by atoms with Crippen LogP contribution >= 0.6 is 0 Å². The maximum absolute atomic E-state index is 2.47. The van der Waals surface area contributed by atoms with Crippen molar-refractivity contribution in [1.82, 2.24) is 9.13 Å². The quantitative estimate of drug-likeness (QED) is 0.195. The number of hydrogen-bond acceptors (Lipinski definition) is 0. The van der Waals surface area contributed by atoms with E-state index in [0.717, 1.165) is 6.42 Å². The van der Waals surface area contributed by atoms with E-state index < -0.39 is 0 Å². The highest BCUT2D eigenvalue weighted by Gasteiger charge is 2.21. The summed E-state index contributed by atoms with van der Waals surface area (Å²) in [4.78, 5) is 0. The van der Waals surface area contributed by atoms with Crippen molar-refractivity contribution in [2.24, 2.45) is 0 Å². The van der Waals surface area contributed by atoms with Crippen molar-refractivity contribution >= 4 is 43.6 Å². The smallest absolute Gasteiger partial charge is 0.0547 e. The van der Waals surface area contributed by atoms with Gasteiger partial charge in [0.05, 0.1) is 22.1 Å². The molecule has 2 heteroatoms. The first-order valence-electron chi connectivity index (χ1n) is 16.1. The Labute approximate surface area is 267 Å². The monoisotopic (exact) mass is 586 g/mol. The zero-order valence-corrected chi connectivity index (χ0v) is 25.5. The van der Waals surface area contributed by atoms with Gasteiger partial charge in [-0.25, -0.2) is 0 Å². The predicted molar refractivity (Wildman–Crippen MR) is 194 cm³/mol. The van der Waals surface area contributed by atoms with Crippen LogP contribution in [0.15, 0.2) is 152 Å². The summed E-state index contributed by atoms with van der Waals surface area (Å²) in [5, 5.41) is 5.11. The summed E-state index contributed by atoms with van der Waals surface area (Å²) in [7, 11) is 0. The van der Waals surface area contributed by atoms with Crippen molar-refractivity contribution in [3.8, 4) is 33.6 Å². The summed E-state index contributed by atoms with van der Waals surface area (Å²) >= 11 is 0. The zero-order valence-electron chi connectivity index (χ0n) is 25.5. The van der Waals surface area contributed by atoms with Gasteiger partial charge in [-0.05, 0) is 107 Å². The van der Waals surface area contributed by atoms with Crippen LogP contribution in [0, 0.1) is 6.92 Å². The minimum Gasteiger partial charge on any atom is -0.309 e.